The summed E-state index contributed by atoms with van der Waals surface area (Å²) in [6.07, 6.45) is 6.19. The molecule has 1 aliphatic carbocycles. The first-order chi connectivity index (χ1) is 12.8. The maximum Gasteiger partial charge on any atom is 0.191 e. The summed E-state index contributed by atoms with van der Waals surface area (Å²) in [7, 11) is 1.80. The van der Waals surface area contributed by atoms with Crippen molar-refractivity contribution < 1.29 is 4.74 Å². The molecule has 1 saturated carbocycles. The second-order valence-electron chi connectivity index (χ2n) is 7.03. The maximum absolute atomic E-state index is 5.99. The lowest BCUT2D eigenvalue weighted by molar-refractivity contribution is 0.296. The highest BCUT2D eigenvalue weighted by Gasteiger charge is 2.23. The summed E-state index contributed by atoms with van der Waals surface area (Å²) in [5, 5.41) is 11.2. The van der Waals surface area contributed by atoms with Gasteiger partial charge in [0.05, 0.1) is 13.2 Å². The molecule has 0 saturated heterocycles. The number of aryl methyl sites for hydroxylation is 1. The van der Waals surface area contributed by atoms with Gasteiger partial charge in [-0.05, 0) is 31.2 Å². The minimum atomic E-state index is 0. The SMILES string of the molecule is CN=C(NCc1ccccc1OCC1CC1)NC1CCc2ncnn2C1.I. The molecule has 1 aromatic heterocycles. The van der Waals surface area contributed by atoms with Crippen LogP contribution in [0.2, 0.25) is 0 Å². The smallest absolute Gasteiger partial charge is 0.191 e. The van der Waals surface area contributed by atoms with Crippen LogP contribution in [-0.2, 0) is 19.5 Å². The monoisotopic (exact) mass is 482 g/mol. The van der Waals surface area contributed by atoms with Gasteiger partial charge in [-0.1, -0.05) is 18.2 Å². The van der Waals surface area contributed by atoms with E-state index in [1.54, 1.807) is 13.4 Å². The predicted molar refractivity (Wildman–Crippen MR) is 116 cm³/mol. The molecule has 2 aromatic rings. The van der Waals surface area contributed by atoms with Gasteiger partial charge in [-0.15, -0.1) is 24.0 Å². The molecule has 1 fully saturated rings. The summed E-state index contributed by atoms with van der Waals surface area (Å²) in [6.45, 7) is 2.32. The number of para-hydroxylation sites is 1. The fourth-order valence-electron chi connectivity index (χ4n) is 3.21. The lowest BCUT2D eigenvalue weighted by atomic mass is 10.1. The van der Waals surface area contributed by atoms with Crippen LogP contribution >= 0.6 is 24.0 Å². The molecule has 146 valence electrons. The van der Waals surface area contributed by atoms with E-state index in [-0.39, 0.29) is 24.0 Å². The van der Waals surface area contributed by atoms with Crippen LogP contribution in [0.4, 0.5) is 0 Å². The van der Waals surface area contributed by atoms with Crippen molar-refractivity contribution in [2.24, 2.45) is 10.9 Å². The number of guanidine groups is 1. The number of benzene rings is 1. The molecule has 0 bridgehead atoms. The van der Waals surface area contributed by atoms with Gasteiger partial charge < -0.3 is 15.4 Å². The number of halogens is 1. The highest BCUT2D eigenvalue weighted by molar-refractivity contribution is 14.0. The summed E-state index contributed by atoms with van der Waals surface area (Å²) in [4.78, 5) is 8.64. The third-order valence-electron chi connectivity index (χ3n) is 4.96. The van der Waals surface area contributed by atoms with Crippen molar-refractivity contribution in [3.05, 3.63) is 42.0 Å². The topological polar surface area (TPSA) is 76.4 Å². The molecule has 1 aromatic carbocycles. The number of hydrogen-bond acceptors (Lipinski definition) is 4. The van der Waals surface area contributed by atoms with Crippen molar-refractivity contribution in [3.8, 4) is 5.75 Å². The van der Waals surface area contributed by atoms with Gasteiger partial charge in [-0.25, -0.2) is 9.67 Å². The van der Waals surface area contributed by atoms with E-state index in [1.165, 1.54) is 12.8 Å². The van der Waals surface area contributed by atoms with Crippen LogP contribution in [-0.4, -0.2) is 40.4 Å². The van der Waals surface area contributed by atoms with E-state index in [1.807, 2.05) is 22.9 Å². The largest absolute Gasteiger partial charge is 0.493 e. The second-order valence-corrected chi connectivity index (χ2v) is 7.03. The Kier molecular flexibility index (Phi) is 6.92. The molecule has 2 heterocycles. The average molecular weight is 482 g/mol. The van der Waals surface area contributed by atoms with E-state index in [9.17, 15) is 0 Å². The van der Waals surface area contributed by atoms with Crippen LogP contribution in [0.25, 0.3) is 0 Å². The zero-order valence-corrected chi connectivity index (χ0v) is 17.9. The number of nitrogens with zero attached hydrogens (tertiary/aromatic N) is 4. The van der Waals surface area contributed by atoms with Crippen LogP contribution in [0.15, 0.2) is 35.6 Å². The molecule has 1 atom stereocenters. The first-order valence-electron chi connectivity index (χ1n) is 9.36. The molecule has 1 unspecified atom stereocenters. The fourth-order valence-corrected chi connectivity index (χ4v) is 3.21. The van der Waals surface area contributed by atoms with Crippen molar-refractivity contribution >= 4 is 29.9 Å². The van der Waals surface area contributed by atoms with Crippen molar-refractivity contribution in [2.75, 3.05) is 13.7 Å². The molecule has 2 aliphatic rings. The molecule has 7 nitrogen and oxygen atoms in total. The Balaban J connectivity index is 0.00000210. The molecule has 0 spiro atoms. The quantitative estimate of drug-likeness (QED) is 0.376. The van der Waals surface area contributed by atoms with Crippen LogP contribution < -0.4 is 15.4 Å². The van der Waals surface area contributed by atoms with Crippen LogP contribution in [0.1, 0.15) is 30.7 Å². The van der Waals surface area contributed by atoms with Crippen molar-refractivity contribution in [1.82, 2.24) is 25.4 Å². The van der Waals surface area contributed by atoms with Gasteiger partial charge in [0, 0.05) is 31.6 Å². The van der Waals surface area contributed by atoms with Gasteiger partial charge in [0.25, 0.3) is 0 Å². The number of aromatic nitrogens is 3. The molecule has 8 heteroatoms. The van der Waals surface area contributed by atoms with Crippen LogP contribution in [0.3, 0.4) is 0 Å². The van der Waals surface area contributed by atoms with E-state index in [2.05, 4.69) is 31.8 Å². The average Bonchev–Trinajstić information content (AvgIpc) is 3.39. The third-order valence-corrected chi connectivity index (χ3v) is 4.96. The molecule has 0 amide bonds. The zero-order valence-electron chi connectivity index (χ0n) is 15.6. The van der Waals surface area contributed by atoms with Gasteiger partial charge in [-0.3, -0.25) is 4.99 Å². The van der Waals surface area contributed by atoms with E-state index >= 15 is 0 Å². The maximum atomic E-state index is 5.99. The van der Waals surface area contributed by atoms with E-state index < -0.39 is 0 Å². The number of rotatable bonds is 6. The number of hydrogen-bond donors (Lipinski definition) is 2. The lowest BCUT2D eigenvalue weighted by Gasteiger charge is -2.25. The Labute approximate surface area is 177 Å². The summed E-state index contributed by atoms with van der Waals surface area (Å²) < 4.78 is 7.96. The minimum Gasteiger partial charge on any atom is -0.493 e. The summed E-state index contributed by atoms with van der Waals surface area (Å²) in [5.74, 6) is 3.58. The summed E-state index contributed by atoms with van der Waals surface area (Å²) in [6, 6.07) is 8.52. The highest BCUT2D eigenvalue weighted by atomic mass is 127. The van der Waals surface area contributed by atoms with E-state index in [0.29, 0.717) is 12.6 Å². The van der Waals surface area contributed by atoms with Gasteiger partial charge in [0.1, 0.15) is 17.9 Å². The zero-order chi connectivity index (χ0) is 17.8. The normalized spacial score (nSPS) is 19.0. The molecule has 0 radical (unpaired) electrons. The molecular weight excluding hydrogens is 455 g/mol. The number of fused-ring (bicyclic) bond motifs is 1. The molecule has 1 aliphatic heterocycles. The molecule has 2 N–H and O–H groups in total. The van der Waals surface area contributed by atoms with Gasteiger partial charge in [0.2, 0.25) is 0 Å². The van der Waals surface area contributed by atoms with E-state index in [4.69, 9.17) is 4.74 Å². The van der Waals surface area contributed by atoms with Gasteiger partial charge >= 0.3 is 0 Å². The third kappa shape index (κ3) is 5.33. The fraction of sp³-hybridized carbons (Fsp3) is 0.526. The molecule has 4 rings (SSSR count). The molecular formula is C19H27IN6O. The Bertz CT molecular complexity index is 773. The number of ether oxygens (including phenoxy) is 1. The standard InChI is InChI=1S/C19H26N6O.HI/c1-20-19(24-16-8-9-18-22-13-23-25(18)11-16)21-10-15-4-2-3-5-17(15)26-12-14-6-7-14;/h2-5,13-14,16H,6-12H2,1H3,(H2,20,21,24);1H. The number of aliphatic imine (C=N–C) groups is 1. The first kappa shape index (κ1) is 19.9. The van der Waals surface area contributed by atoms with Gasteiger partial charge in [0.15, 0.2) is 5.96 Å². The van der Waals surface area contributed by atoms with Crippen molar-refractivity contribution in [1.29, 1.82) is 0 Å². The first-order valence-corrected chi connectivity index (χ1v) is 9.36. The summed E-state index contributed by atoms with van der Waals surface area (Å²) in [5.41, 5.74) is 1.15. The highest BCUT2D eigenvalue weighted by Crippen LogP contribution is 2.30. The van der Waals surface area contributed by atoms with Gasteiger partial charge in [-0.2, -0.15) is 5.10 Å². The minimum absolute atomic E-state index is 0. The Morgan fingerprint density at radius 1 is 1.30 bits per heavy atom. The van der Waals surface area contributed by atoms with Crippen LogP contribution in [0.5, 0.6) is 5.75 Å². The Morgan fingerprint density at radius 2 is 2.15 bits per heavy atom. The van der Waals surface area contributed by atoms with Crippen molar-refractivity contribution in [2.45, 2.75) is 44.8 Å². The Hall–Kier alpha value is -1.84. The number of nitrogens with one attached hydrogen (secondary N) is 2. The van der Waals surface area contributed by atoms with Crippen molar-refractivity contribution in [3.63, 3.8) is 0 Å². The lowest BCUT2D eigenvalue weighted by Crippen LogP contribution is -2.46. The molecule has 27 heavy (non-hydrogen) atoms. The van der Waals surface area contributed by atoms with Crippen LogP contribution in [0, 0.1) is 5.92 Å². The Morgan fingerprint density at radius 3 is 2.96 bits per heavy atom. The summed E-state index contributed by atoms with van der Waals surface area (Å²) >= 11 is 0. The predicted octanol–water partition coefficient (Wildman–Crippen LogP) is 2.36. The van der Waals surface area contributed by atoms with E-state index in [0.717, 1.165) is 55.0 Å². The second kappa shape index (κ2) is 9.38.